The minimum absolute atomic E-state index is 0.215. The molecule has 5 rings (SSSR count). The van der Waals surface area contributed by atoms with Crippen molar-refractivity contribution in [2.24, 2.45) is 5.73 Å². The minimum Gasteiger partial charge on any atom is -0.398 e. The number of primary amides is 1. The van der Waals surface area contributed by atoms with E-state index in [0.717, 1.165) is 44.7 Å². The van der Waals surface area contributed by atoms with Gasteiger partial charge in [-0.3, -0.25) is 14.8 Å². The zero-order valence-corrected chi connectivity index (χ0v) is 18.9. The molecule has 3 aromatic heterocycles. The highest BCUT2D eigenvalue weighted by Crippen LogP contribution is 2.35. The number of nitrogens with zero attached hydrogens (tertiary/aromatic N) is 4. The molecule has 0 aliphatic heterocycles. The maximum Gasteiger partial charge on any atom is 0.250 e. The SMILES string of the molecule is CC(C)c1cc(-c2ccc(C(N)=O)c(N)c2)c2cccc(-n3cnc(-c4cccnc4)c3)c2n1. The molecule has 7 heteroatoms. The van der Waals surface area contributed by atoms with Gasteiger partial charge in [0.1, 0.15) is 0 Å². The van der Waals surface area contributed by atoms with E-state index in [1.807, 2.05) is 47.2 Å². The number of carbonyl (C=O) groups excluding carboxylic acids is 1. The number of hydrogen-bond donors (Lipinski definition) is 2. The summed E-state index contributed by atoms with van der Waals surface area (Å²) in [6, 6.07) is 17.4. The van der Waals surface area contributed by atoms with Gasteiger partial charge in [-0.25, -0.2) is 4.98 Å². The summed E-state index contributed by atoms with van der Waals surface area (Å²) in [5, 5.41) is 0.977. The van der Waals surface area contributed by atoms with Gasteiger partial charge in [-0.05, 0) is 53.4 Å². The molecule has 168 valence electrons. The molecule has 0 saturated heterocycles. The van der Waals surface area contributed by atoms with Crippen molar-refractivity contribution in [3.8, 4) is 28.1 Å². The van der Waals surface area contributed by atoms with Crippen LogP contribution >= 0.6 is 0 Å². The normalized spacial score (nSPS) is 11.3. The summed E-state index contributed by atoms with van der Waals surface area (Å²) >= 11 is 0. The Bertz CT molecular complexity index is 1520. The third-order valence-corrected chi connectivity index (χ3v) is 5.88. The third-order valence-electron chi connectivity index (χ3n) is 5.88. The van der Waals surface area contributed by atoms with Crippen molar-refractivity contribution in [3.63, 3.8) is 0 Å². The second kappa shape index (κ2) is 8.44. The molecule has 0 aliphatic rings. The molecule has 7 nitrogen and oxygen atoms in total. The fourth-order valence-electron chi connectivity index (χ4n) is 4.07. The monoisotopic (exact) mass is 448 g/mol. The van der Waals surface area contributed by atoms with E-state index in [9.17, 15) is 4.79 Å². The Kier molecular flexibility index (Phi) is 5.30. The van der Waals surface area contributed by atoms with Crippen molar-refractivity contribution in [2.75, 3.05) is 5.73 Å². The summed E-state index contributed by atoms with van der Waals surface area (Å²) in [5.74, 6) is -0.328. The molecule has 3 heterocycles. The first-order valence-corrected chi connectivity index (χ1v) is 11.0. The third kappa shape index (κ3) is 3.77. The van der Waals surface area contributed by atoms with E-state index in [1.54, 1.807) is 30.9 Å². The number of rotatable bonds is 5. The molecular weight excluding hydrogens is 424 g/mol. The van der Waals surface area contributed by atoms with Crippen molar-refractivity contribution in [3.05, 3.63) is 90.8 Å². The number of pyridine rings is 2. The fraction of sp³-hybridized carbons (Fsp3) is 0.111. The highest BCUT2D eigenvalue weighted by atomic mass is 16.1. The zero-order valence-electron chi connectivity index (χ0n) is 18.9. The van der Waals surface area contributed by atoms with Crippen LogP contribution in [0.1, 0.15) is 35.8 Å². The summed E-state index contributed by atoms with van der Waals surface area (Å²) < 4.78 is 1.98. The van der Waals surface area contributed by atoms with Gasteiger partial charge in [-0.15, -0.1) is 0 Å². The van der Waals surface area contributed by atoms with Gasteiger partial charge in [0, 0.05) is 40.9 Å². The Hall–Kier alpha value is -4.52. The molecule has 0 radical (unpaired) electrons. The Morgan fingerprint density at radius 2 is 1.88 bits per heavy atom. The molecule has 0 atom stereocenters. The van der Waals surface area contributed by atoms with Crippen molar-refractivity contribution >= 4 is 22.5 Å². The number of anilines is 1. The maximum absolute atomic E-state index is 11.7. The van der Waals surface area contributed by atoms with Gasteiger partial charge < -0.3 is 16.0 Å². The van der Waals surface area contributed by atoms with Crippen molar-refractivity contribution < 1.29 is 4.79 Å². The van der Waals surface area contributed by atoms with Gasteiger partial charge in [0.15, 0.2) is 0 Å². The van der Waals surface area contributed by atoms with Crippen LogP contribution in [0.25, 0.3) is 39.0 Å². The van der Waals surface area contributed by atoms with Crippen LogP contribution in [0.5, 0.6) is 0 Å². The van der Waals surface area contributed by atoms with E-state index < -0.39 is 5.91 Å². The second-order valence-electron chi connectivity index (χ2n) is 8.50. The fourth-order valence-corrected chi connectivity index (χ4v) is 4.07. The molecule has 0 saturated carbocycles. The summed E-state index contributed by atoms with van der Waals surface area (Å²) in [6.07, 6.45) is 7.31. The van der Waals surface area contributed by atoms with E-state index in [1.165, 1.54) is 0 Å². The first-order valence-electron chi connectivity index (χ1n) is 11.0. The molecule has 1 amide bonds. The lowest BCUT2D eigenvalue weighted by Gasteiger charge is -2.15. The van der Waals surface area contributed by atoms with Crippen LogP contribution in [0.4, 0.5) is 5.69 Å². The average Bonchev–Trinajstić information content (AvgIpc) is 3.33. The molecule has 34 heavy (non-hydrogen) atoms. The highest BCUT2D eigenvalue weighted by Gasteiger charge is 2.16. The molecule has 0 unspecified atom stereocenters. The van der Waals surface area contributed by atoms with Gasteiger partial charge >= 0.3 is 0 Å². The van der Waals surface area contributed by atoms with Crippen LogP contribution in [-0.4, -0.2) is 25.4 Å². The molecule has 4 N–H and O–H groups in total. The molecular formula is C27H24N6O. The summed E-state index contributed by atoms with van der Waals surface area (Å²) in [6.45, 7) is 4.23. The van der Waals surface area contributed by atoms with Crippen LogP contribution in [0.15, 0.2) is 79.5 Å². The predicted octanol–water partition coefficient (Wildman–Crippen LogP) is 4.95. The van der Waals surface area contributed by atoms with Crippen molar-refractivity contribution in [2.45, 2.75) is 19.8 Å². The lowest BCUT2D eigenvalue weighted by atomic mass is 9.95. The van der Waals surface area contributed by atoms with E-state index in [-0.39, 0.29) is 5.92 Å². The van der Waals surface area contributed by atoms with Crippen LogP contribution < -0.4 is 11.5 Å². The first kappa shape index (κ1) is 21.3. The Balaban J connectivity index is 1.71. The number of fused-ring (bicyclic) bond motifs is 1. The number of para-hydroxylation sites is 1. The van der Waals surface area contributed by atoms with Gasteiger partial charge in [0.05, 0.1) is 28.8 Å². The quantitative estimate of drug-likeness (QED) is 0.369. The number of nitrogens with two attached hydrogens (primary N) is 2. The standard InChI is InChI=1S/C27H24N6O/c1-16(2)23-12-21(17-8-9-20(27(29)34)22(28)11-17)19-6-3-7-25(26(19)32-23)33-14-24(31-15-33)18-5-4-10-30-13-18/h3-16H,28H2,1-2H3,(H2,29,34). The topological polar surface area (TPSA) is 113 Å². The Labute approximate surface area is 197 Å². The molecule has 0 fully saturated rings. The van der Waals surface area contributed by atoms with Crippen LogP contribution in [0.2, 0.25) is 0 Å². The smallest absolute Gasteiger partial charge is 0.250 e. The maximum atomic E-state index is 11.7. The van der Waals surface area contributed by atoms with Gasteiger partial charge in [0.2, 0.25) is 0 Å². The van der Waals surface area contributed by atoms with E-state index in [2.05, 4.69) is 29.9 Å². The zero-order chi connectivity index (χ0) is 23.8. The number of imidazole rings is 1. The van der Waals surface area contributed by atoms with Crippen LogP contribution in [0.3, 0.4) is 0 Å². The summed E-state index contributed by atoms with van der Waals surface area (Å²) in [4.78, 5) is 25.4. The lowest BCUT2D eigenvalue weighted by molar-refractivity contribution is 0.100. The van der Waals surface area contributed by atoms with Crippen molar-refractivity contribution in [1.29, 1.82) is 0 Å². The van der Waals surface area contributed by atoms with Gasteiger partial charge in [-0.2, -0.15) is 0 Å². The van der Waals surface area contributed by atoms with Crippen LogP contribution in [-0.2, 0) is 0 Å². The number of benzene rings is 2. The highest BCUT2D eigenvalue weighted by molar-refractivity contribution is 6.02. The first-order chi connectivity index (χ1) is 16.4. The van der Waals surface area contributed by atoms with E-state index in [0.29, 0.717) is 11.3 Å². The van der Waals surface area contributed by atoms with E-state index in [4.69, 9.17) is 16.5 Å². The molecule has 5 aromatic rings. The largest absolute Gasteiger partial charge is 0.398 e. The number of carbonyl (C=O) groups is 1. The van der Waals surface area contributed by atoms with Crippen molar-refractivity contribution in [1.82, 2.24) is 19.5 Å². The molecule has 0 bridgehead atoms. The number of amides is 1. The average molecular weight is 449 g/mol. The number of nitrogen functional groups attached to an aromatic ring is 1. The second-order valence-corrected chi connectivity index (χ2v) is 8.50. The number of aromatic nitrogens is 4. The molecule has 0 spiro atoms. The summed E-state index contributed by atoms with van der Waals surface area (Å²) in [7, 11) is 0. The number of hydrogen-bond acceptors (Lipinski definition) is 5. The van der Waals surface area contributed by atoms with Gasteiger partial charge in [0.25, 0.3) is 5.91 Å². The van der Waals surface area contributed by atoms with Gasteiger partial charge in [-0.1, -0.05) is 32.0 Å². The minimum atomic E-state index is -0.543. The molecule has 2 aromatic carbocycles. The Morgan fingerprint density at radius 3 is 2.59 bits per heavy atom. The Morgan fingerprint density at radius 1 is 1.03 bits per heavy atom. The molecule has 0 aliphatic carbocycles. The predicted molar refractivity (Wildman–Crippen MR) is 135 cm³/mol. The lowest BCUT2D eigenvalue weighted by Crippen LogP contribution is -2.13. The van der Waals surface area contributed by atoms with E-state index >= 15 is 0 Å². The summed E-state index contributed by atoms with van der Waals surface area (Å²) in [5.41, 5.74) is 18.7. The van der Waals surface area contributed by atoms with Crippen LogP contribution in [0, 0.1) is 0 Å².